The van der Waals surface area contributed by atoms with Crippen LogP contribution in [0.1, 0.15) is 5.56 Å². The van der Waals surface area contributed by atoms with Crippen LogP contribution in [0, 0.1) is 0 Å². The summed E-state index contributed by atoms with van der Waals surface area (Å²) in [6, 6.07) is 6.98. The lowest BCUT2D eigenvalue weighted by atomic mass is 10.0. The molecule has 118 valence electrons. The van der Waals surface area contributed by atoms with Gasteiger partial charge in [0.25, 0.3) is 0 Å². The van der Waals surface area contributed by atoms with Crippen LogP contribution in [-0.4, -0.2) is 50.3 Å². The molecule has 8 heteroatoms. The van der Waals surface area contributed by atoms with Gasteiger partial charge in [-0.25, -0.2) is 0 Å². The maximum atomic E-state index is 11.9. The number of rotatable bonds is 4. The van der Waals surface area contributed by atoms with Gasteiger partial charge in [0.2, 0.25) is 5.91 Å². The van der Waals surface area contributed by atoms with E-state index in [-0.39, 0.29) is 17.8 Å². The largest absolute Gasteiger partial charge is 0.480 e. The second-order valence-electron chi connectivity index (χ2n) is 5.34. The Bertz CT molecular complexity index is 630. The van der Waals surface area contributed by atoms with E-state index >= 15 is 0 Å². The molecule has 2 fully saturated rings. The van der Waals surface area contributed by atoms with Crippen LogP contribution < -0.4 is 5.73 Å². The molecule has 22 heavy (non-hydrogen) atoms. The van der Waals surface area contributed by atoms with Crippen molar-refractivity contribution in [3.05, 3.63) is 29.8 Å². The molecule has 0 radical (unpaired) electrons. The minimum Gasteiger partial charge on any atom is -0.480 e. The average molecular weight is 359 g/mol. The summed E-state index contributed by atoms with van der Waals surface area (Å²) in [5.74, 6) is -0.358. The van der Waals surface area contributed by atoms with Crippen LogP contribution in [0.4, 0.5) is 0 Å². The molecule has 1 aromatic rings. The van der Waals surface area contributed by atoms with Crippen molar-refractivity contribution in [3.8, 4) is 0 Å². The van der Waals surface area contributed by atoms with Crippen molar-refractivity contribution in [2.24, 2.45) is 5.73 Å². The molecule has 2 aliphatic heterocycles. The topological polar surface area (TPSA) is 83.6 Å². The molecule has 1 aromatic carbocycles. The number of nitrogens with zero attached hydrogens (tertiary/aromatic N) is 1. The van der Waals surface area contributed by atoms with Crippen LogP contribution in [0.25, 0.3) is 0 Å². The third kappa shape index (κ3) is 2.50. The van der Waals surface area contributed by atoms with E-state index < -0.39 is 16.8 Å². The highest BCUT2D eigenvalue weighted by Gasteiger charge is 2.56. The Labute approximate surface area is 141 Å². The van der Waals surface area contributed by atoms with Gasteiger partial charge in [0, 0.05) is 23.1 Å². The first-order valence-electron chi connectivity index (χ1n) is 6.72. The predicted molar refractivity (Wildman–Crippen MR) is 88.2 cm³/mol. The number of carbonyl (C=O) groups is 2. The first kappa shape index (κ1) is 16.0. The van der Waals surface area contributed by atoms with Gasteiger partial charge in [-0.05, 0) is 11.6 Å². The fourth-order valence-electron chi connectivity index (χ4n) is 2.61. The molecule has 2 heterocycles. The van der Waals surface area contributed by atoms with Gasteiger partial charge in [0.1, 0.15) is 16.2 Å². The molecule has 0 spiro atoms. The van der Waals surface area contributed by atoms with Gasteiger partial charge in [0.05, 0.1) is 0 Å². The Morgan fingerprint density at radius 3 is 2.95 bits per heavy atom. The zero-order chi connectivity index (χ0) is 15.9. The maximum Gasteiger partial charge on any atom is 0.322 e. The Morgan fingerprint density at radius 2 is 2.27 bits per heavy atom. The summed E-state index contributed by atoms with van der Waals surface area (Å²) in [5.41, 5.74) is 6.65. The SMILES string of the molecule is N[C@@H]1C(=O)N2CC(Sc3ccccc3CCl)(C(=O)O)CS[C@H]12. The molecule has 2 saturated heterocycles. The molecule has 3 atom stereocenters. The van der Waals surface area contributed by atoms with Gasteiger partial charge in [-0.1, -0.05) is 18.2 Å². The summed E-state index contributed by atoms with van der Waals surface area (Å²) >= 11 is 8.65. The van der Waals surface area contributed by atoms with E-state index in [9.17, 15) is 14.7 Å². The summed E-state index contributed by atoms with van der Waals surface area (Å²) in [5, 5.41) is 9.66. The minimum atomic E-state index is -1.07. The number of hydrogen-bond donors (Lipinski definition) is 2. The van der Waals surface area contributed by atoms with Crippen LogP contribution >= 0.6 is 35.1 Å². The standard InChI is InChI=1S/C14H15ClN2O3S2/c15-5-8-3-1-2-4-9(8)22-14(13(19)20)6-17-11(18)10(16)12(17)21-7-14/h1-4,10,12H,5-7,16H2,(H,19,20)/t10-,12-,14?/m1/s1. The van der Waals surface area contributed by atoms with Crippen LogP contribution in [0.2, 0.25) is 0 Å². The second-order valence-corrected chi connectivity index (χ2v) is 8.13. The number of alkyl halides is 1. The molecule has 3 N–H and O–H groups in total. The molecule has 3 rings (SSSR count). The predicted octanol–water partition coefficient (Wildman–Crippen LogP) is 1.58. The van der Waals surface area contributed by atoms with E-state index in [0.29, 0.717) is 11.6 Å². The molecule has 1 unspecified atom stereocenters. The Kier molecular flexibility index (Phi) is 4.33. The first-order valence-corrected chi connectivity index (χ1v) is 9.12. The zero-order valence-electron chi connectivity index (χ0n) is 11.6. The van der Waals surface area contributed by atoms with Crippen LogP contribution in [0.15, 0.2) is 29.2 Å². The quantitative estimate of drug-likeness (QED) is 0.628. The van der Waals surface area contributed by atoms with E-state index in [0.717, 1.165) is 10.5 Å². The highest BCUT2D eigenvalue weighted by atomic mass is 35.5. The number of hydrogen-bond acceptors (Lipinski definition) is 5. The number of aliphatic carboxylic acids is 1. The van der Waals surface area contributed by atoms with Gasteiger partial charge >= 0.3 is 5.97 Å². The Balaban J connectivity index is 1.87. The van der Waals surface area contributed by atoms with E-state index in [1.54, 1.807) is 4.90 Å². The number of carboxylic acid groups (broad SMARTS) is 1. The van der Waals surface area contributed by atoms with Gasteiger partial charge < -0.3 is 15.7 Å². The van der Waals surface area contributed by atoms with Crippen molar-refractivity contribution in [1.82, 2.24) is 4.90 Å². The molecule has 0 saturated carbocycles. The zero-order valence-corrected chi connectivity index (χ0v) is 14.0. The molecule has 5 nitrogen and oxygen atoms in total. The number of halogens is 1. The lowest BCUT2D eigenvalue weighted by Crippen LogP contribution is -2.73. The molecular formula is C14H15ClN2O3S2. The number of nitrogens with two attached hydrogens (primary N) is 1. The average Bonchev–Trinajstić information content (AvgIpc) is 2.54. The van der Waals surface area contributed by atoms with Crippen LogP contribution in [-0.2, 0) is 15.5 Å². The van der Waals surface area contributed by atoms with Crippen molar-refractivity contribution < 1.29 is 14.7 Å². The number of β-lactam (4-membered cyclic amide) rings is 1. The van der Waals surface area contributed by atoms with Crippen LogP contribution in [0.3, 0.4) is 0 Å². The van der Waals surface area contributed by atoms with Gasteiger partial charge in [-0.2, -0.15) is 0 Å². The first-order chi connectivity index (χ1) is 10.5. The monoisotopic (exact) mass is 358 g/mol. The van der Waals surface area contributed by atoms with Gasteiger partial charge in [-0.15, -0.1) is 35.1 Å². The van der Waals surface area contributed by atoms with E-state index in [1.165, 1.54) is 23.5 Å². The Hall–Kier alpha value is -0.890. The minimum absolute atomic E-state index is 0.0937. The summed E-state index contributed by atoms with van der Waals surface area (Å²) in [6.45, 7) is 0.174. The highest BCUT2D eigenvalue weighted by Crippen LogP contribution is 2.46. The van der Waals surface area contributed by atoms with Crippen LogP contribution in [0.5, 0.6) is 0 Å². The Morgan fingerprint density at radius 1 is 1.55 bits per heavy atom. The lowest BCUT2D eigenvalue weighted by Gasteiger charge is -2.52. The van der Waals surface area contributed by atoms with E-state index in [2.05, 4.69) is 0 Å². The number of thioether (sulfide) groups is 2. The number of benzene rings is 1. The smallest absolute Gasteiger partial charge is 0.322 e. The lowest BCUT2D eigenvalue weighted by molar-refractivity contribution is -0.148. The molecule has 2 aliphatic rings. The third-order valence-corrected chi connectivity index (χ3v) is 7.38. The normalized spacial score (nSPS) is 30.6. The fourth-order valence-corrected chi connectivity index (χ4v) is 5.83. The van der Waals surface area contributed by atoms with Crippen molar-refractivity contribution in [1.29, 1.82) is 0 Å². The number of fused-ring (bicyclic) bond motifs is 1. The van der Waals surface area contributed by atoms with Gasteiger partial charge in [-0.3, -0.25) is 9.59 Å². The molecule has 0 aromatic heterocycles. The van der Waals surface area contributed by atoms with Crippen molar-refractivity contribution in [2.75, 3.05) is 12.3 Å². The number of carbonyl (C=O) groups excluding carboxylic acids is 1. The van der Waals surface area contributed by atoms with E-state index in [4.69, 9.17) is 17.3 Å². The highest BCUT2D eigenvalue weighted by molar-refractivity contribution is 8.05. The number of amides is 1. The molecule has 0 bridgehead atoms. The van der Waals surface area contributed by atoms with Crippen molar-refractivity contribution in [2.45, 2.75) is 26.9 Å². The number of carboxylic acids is 1. The molecule has 0 aliphatic carbocycles. The molecule has 1 amide bonds. The summed E-state index contributed by atoms with van der Waals surface area (Å²) in [7, 11) is 0. The third-order valence-electron chi connectivity index (χ3n) is 3.91. The summed E-state index contributed by atoms with van der Waals surface area (Å²) < 4.78 is -1.07. The van der Waals surface area contributed by atoms with Gasteiger partial charge in [0.15, 0.2) is 0 Å². The van der Waals surface area contributed by atoms with Crippen molar-refractivity contribution >= 4 is 47.0 Å². The molecular weight excluding hydrogens is 344 g/mol. The summed E-state index contributed by atoms with van der Waals surface area (Å²) in [4.78, 5) is 26.2. The maximum absolute atomic E-state index is 11.9. The second kappa shape index (κ2) is 5.96. The summed E-state index contributed by atoms with van der Waals surface area (Å²) in [6.07, 6.45) is 0. The van der Waals surface area contributed by atoms with E-state index in [1.807, 2.05) is 24.3 Å². The fraction of sp³-hybridized carbons (Fsp3) is 0.429. The van der Waals surface area contributed by atoms with Crippen molar-refractivity contribution in [3.63, 3.8) is 0 Å².